The molecule has 0 aliphatic carbocycles. The standard InChI is InChI=1S/C19H14F6O2/c20-18(21,22)17(19(23,24)25,13-5-1-11(2-6-13)15-9-26-15)14-7-3-12(4-8-14)16-10-27-16/h1-8,15-16H,9-10H2. The highest BCUT2D eigenvalue weighted by Crippen LogP contribution is 2.56. The van der Waals surface area contributed by atoms with Gasteiger partial charge in [-0.2, -0.15) is 26.3 Å². The number of halogens is 6. The van der Waals surface area contributed by atoms with Crippen molar-refractivity contribution >= 4 is 0 Å². The van der Waals surface area contributed by atoms with Gasteiger partial charge in [-0.15, -0.1) is 0 Å². The topological polar surface area (TPSA) is 25.1 Å². The molecule has 2 heterocycles. The van der Waals surface area contributed by atoms with E-state index >= 15 is 0 Å². The van der Waals surface area contributed by atoms with E-state index < -0.39 is 28.9 Å². The Morgan fingerprint density at radius 1 is 0.593 bits per heavy atom. The van der Waals surface area contributed by atoms with Crippen LogP contribution >= 0.6 is 0 Å². The number of alkyl halides is 6. The van der Waals surface area contributed by atoms with E-state index in [9.17, 15) is 26.3 Å². The molecule has 4 rings (SSSR count). The van der Waals surface area contributed by atoms with E-state index in [1.807, 2.05) is 0 Å². The predicted molar refractivity (Wildman–Crippen MR) is 83.2 cm³/mol. The molecule has 2 aliphatic heterocycles. The van der Waals surface area contributed by atoms with Gasteiger partial charge in [-0.3, -0.25) is 0 Å². The van der Waals surface area contributed by atoms with Crippen LogP contribution in [0, 0.1) is 0 Å². The van der Waals surface area contributed by atoms with Crippen molar-refractivity contribution in [2.45, 2.75) is 30.0 Å². The van der Waals surface area contributed by atoms with Crippen LogP contribution in [-0.4, -0.2) is 25.6 Å². The normalized spacial score (nSPS) is 22.6. The molecule has 0 N–H and O–H groups in total. The maximum Gasteiger partial charge on any atom is 0.411 e. The first kappa shape index (κ1) is 18.3. The Morgan fingerprint density at radius 3 is 1.11 bits per heavy atom. The average molecular weight is 388 g/mol. The fourth-order valence-electron chi connectivity index (χ4n) is 3.36. The molecule has 2 aromatic rings. The lowest BCUT2D eigenvalue weighted by atomic mass is 9.72. The zero-order valence-electron chi connectivity index (χ0n) is 13.8. The third-order valence-corrected chi connectivity index (χ3v) is 4.95. The third-order valence-electron chi connectivity index (χ3n) is 4.95. The number of benzene rings is 2. The SMILES string of the molecule is FC(F)(F)C(c1ccc(C2CO2)cc1)(c1ccc(C2CO2)cc1)C(F)(F)F. The lowest BCUT2D eigenvalue weighted by molar-refractivity contribution is -0.288. The Morgan fingerprint density at radius 2 is 0.889 bits per heavy atom. The second-order valence-corrected chi connectivity index (χ2v) is 6.63. The first-order valence-electron chi connectivity index (χ1n) is 8.22. The molecule has 27 heavy (non-hydrogen) atoms. The fourth-order valence-corrected chi connectivity index (χ4v) is 3.36. The molecule has 8 heteroatoms. The van der Waals surface area contributed by atoms with Gasteiger partial charge in [0.1, 0.15) is 12.2 Å². The first-order valence-corrected chi connectivity index (χ1v) is 8.22. The Balaban J connectivity index is 1.87. The van der Waals surface area contributed by atoms with Crippen LogP contribution in [0.2, 0.25) is 0 Å². The smallest absolute Gasteiger partial charge is 0.368 e. The van der Waals surface area contributed by atoms with E-state index in [1.165, 1.54) is 24.3 Å². The van der Waals surface area contributed by atoms with E-state index in [1.54, 1.807) is 0 Å². The van der Waals surface area contributed by atoms with E-state index in [-0.39, 0.29) is 12.2 Å². The maximum atomic E-state index is 14.0. The highest BCUT2D eigenvalue weighted by Gasteiger charge is 2.72. The van der Waals surface area contributed by atoms with Crippen molar-refractivity contribution in [3.05, 3.63) is 70.8 Å². The van der Waals surface area contributed by atoms with E-state index in [0.717, 1.165) is 24.3 Å². The van der Waals surface area contributed by atoms with E-state index in [2.05, 4.69) is 0 Å². The molecule has 2 saturated heterocycles. The summed E-state index contributed by atoms with van der Waals surface area (Å²) >= 11 is 0. The molecule has 0 bridgehead atoms. The van der Waals surface area contributed by atoms with Gasteiger partial charge < -0.3 is 9.47 Å². The van der Waals surface area contributed by atoms with Crippen LogP contribution in [0.15, 0.2) is 48.5 Å². The van der Waals surface area contributed by atoms with Crippen LogP contribution in [0.3, 0.4) is 0 Å². The van der Waals surface area contributed by atoms with Crippen molar-refractivity contribution in [1.82, 2.24) is 0 Å². The number of hydrogen-bond donors (Lipinski definition) is 0. The summed E-state index contributed by atoms with van der Waals surface area (Å²) in [5, 5.41) is 0. The minimum Gasteiger partial charge on any atom is -0.368 e. The second kappa shape index (κ2) is 5.97. The van der Waals surface area contributed by atoms with Gasteiger partial charge in [0.15, 0.2) is 0 Å². The fraction of sp³-hybridized carbons (Fsp3) is 0.368. The van der Waals surface area contributed by atoms with Gasteiger partial charge in [0.05, 0.1) is 13.2 Å². The summed E-state index contributed by atoms with van der Waals surface area (Å²) in [6, 6.07) is 8.56. The molecule has 2 nitrogen and oxygen atoms in total. The Labute approximate surface area is 150 Å². The molecule has 2 aromatic carbocycles. The predicted octanol–water partition coefficient (Wildman–Crippen LogP) is 5.24. The molecule has 0 radical (unpaired) electrons. The van der Waals surface area contributed by atoms with Crippen molar-refractivity contribution < 1.29 is 35.8 Å². The van der Waals surface area contributed by atoms with Gasteiger partial charge in [-0.25, -0.2) is 0 Å². The summed E-state index contributed by atoms with van der Waals surface area (Å²) in [6.45, 7) is 0.821. The van der Waals surface area contributed by atoms with Crippen LogP contribution < -0.4 is 0 Å². The van der Waals surface area contributed by atoms with Gasteiger partial charge in [0.2, 0.25) is 5.41 Å². The molecular weight excluding hydrogens is 374 g/mol. The van der Waals surface area contributed by atoms with Crippen LogP contribution in [0.25, 0.3) is 0 Å². The summed E-state index contributed by atoms with van der Waals surface area (Å²) in [7, 11) is 0. The van der Waals surface area contributed by atoms with E-state index in [4.69, 9.17) is 9.47 Å². The minimum absolute atomic E-state index is 0.261. The number of rotatable bonds is 4. The van der Waals surface area contributed by atoms with Crippen LogP contribution in [0.5, 0.6) is 0 Å². The first-order chi connectivity index (χ1) is 12.6. The average Bonchev–Trinajstić information content (AvgIpc) is 3.47. The molecule has 0 spiro atoms. The molecule has 0 saturated carbocycles. The number of hydrogen-bond acceptors (Lipinski definition) is 2. The molecule has 0 aromatic heterocycles. The summed E-state index contributed by atoms with van der Waals surface area (Å²) in [5.74, 6) is 0. The van der Waals surface area contributed by atoms with Gasteiger partial charge in [-0.05, 0) is 22.3 Å². The summed E-state index contributed by atoms with van der Waals surface area (Å²) in [6.07, 6.45) is -11.7. The Kier molecular flexibility index (Phi) is 4.05. The molecule has 2 fully saturated rings. The van der Waals surface area contributed by atoms with E-state index in [0.29, 0.717) is 24.3 Å². The van der Waals surface area contributed by atoms with Crippen molar-refractivity contribution in [2.75, 3.05) is 13.2 Å². The Hall–Kier alpha value is -2.06. The van der Waals surface area contributed by atoms with Crippen LogP contribution in [0.1, 0.15) is 34.5 Å². The largest absolute Gasteiger partial charge is 0.411 e. The quantitative estimate of drug-likeness (QED) is 0.529. The van der Waals surface area contributed by atoms with Crippen molar-refractivity contribution in [3.8, 4) is 0 Å². The zero-order chi connectivity index (χ0) is 19.4. The molecule has 2 aliphatic rings. The lowest BCUT2D eigenvalue weighted by Crippen LogP contribution is -2.54. The van der Waals surface area contributed by atoms with Crippen LogP contribution in [-0.2, 0) is 14.9 Å². The lowest BCUT2D eigenvalue weighted by Gasteiger charge is -2.38. The maximum absolute atomic E-state index is 14.0. The van der Waals surface area contributed by atoms with Gasteiger partial charge in [0, 0.05) is 0 Å². The number of epoxide rings is 2. The second-order valence-electron chi connectivity index (χ2n) is 6.63. The van der Waals surface area contributed by atoms with Crippen molar-refractivity contribution in [1.29, 1.82) is 0 Å². The van der Waals surface area contributed by atoms with Gasteiger partial charge in [-0.1, -0.05) is 48.5 Å². The third kappa shape index (κ3) is 3.00. The number of ether oxygens (including phenoxy) is 2. The van der Waals surface area contributed by atoms with Gasteiger partial charge in [0.25, 0.3) is 0 Å². The summed E-state index contributed by atoms with van der Waals surface area (Å²) < 4.78 is 94.1. The molecule has 0 amide bonds. The monoisotopic (exact) mass is 388 g/mol. The molecule has 2 atom stereocenters. The molecular formula is C19H14F6O2. The molecule has 144 valence electrons. The highest BCUT2D eigenvalue weighted by molar-refractivity contribution is 5.46. The molecule has 2 unspecified atom stereocenters. The zero-order valence-corrected chi connectivity index (χ0v) is 13.8. The van der Waals surface area contributed by atoms with Crippen molar-refractivity contribution in [3.63, 3.8) is 0 Å². The van der Waals surface area contributed by atoms with Crippen molar-refractivity contribution in [2.24, 2.45) is 0 Å². The van der Waals surface area contributed by atoms with Gasteiger partial charge >= 0.3 is 12.4 Å². The van der Waals surface area contributed by atoms with Crippen LogP contribution in [0.4, 0.5) is 26.3 Å². The summed E-state index contributed by atoms with van der Waals surface area (Å²) in [4.78, 5) is 0. The Bertz CT molecular complexity index is 744. The highest BCUT2D eigenvalue weighted by atomic mass is 19.4. The summed E-state index contributed by atoms with van der Waals surface area (Å²) in [5.41, 5.74) is -4.76. The minimum atomic E-state index is -5.58.